The monoisotopic (exact) mass is 376 g/mol. The van der Waals surface area contributed by atoms with Gasteiger partial charge < -0.3 is 4.74 Å². The molecule has 7 rings (SSSR count). The van der Waals surface area contributed by atoms with Crippen LogP contribution >= 0.6 is 0 Å². The predicted molar refractivity (Wildman–Crippen MR) is 105 cm³/mol. The van der Waals surface area contributed by atoms with E-state index in [2.05, 4.69) is 12.2 Å². The molecule has 2 saturated carbocycles. The van der Waals surface area contributed by atoms with Gasteiger partial charge in [-0.2, -0.15) is 0 Å². The third-order valence-electron chi connectivity index (χ3n) is 7.95. The molecule has 0 unspecified atom stereocenters. The molecular formula is C23H24N2O3. The van der Waals surface area contributed by atoms with Crippen LogP contribution < -0.4 is 4.90 Å². The molecule has 0 radical (unpaired) electrons. The van der Waals surface area contributed by atoms with Gasteiger partial charge >= 0.3 is 0 Å². The summed E-state index contributed by atoms with van der Waals surface area (Å²) in [6.07, 6.45) is 8.67. The minimum Gasteiger partial charge on any atom is -0.481 e. The van der Waals surface area contributed by atoms with Gasteiger partial charge in [0.05, 0.1) is 35.1 Å². The van der Waals surface area contributed by atoms with Crippen molar-refractivity contribution in [3.63, 3.8) is 0 Å². The van der Waals surface area contributed by atoms with Crippen LogP contribution in [-0.4, -0.2) is 29.9 Å². The average molecular weight is 376 g/mol. The average Bonchev–Trinajstić information content (AvgIpc) is 2.98. The highest BCUT2D eigenvalue weighted by Crippen LogP contribution is 2.72. The van der Waals surface area contributed by atoms with Gasteiger partial charge in [-0.25, -0.2) is 4.99 Å². The Hall–Kier alpha value is -2.43. The van der Waals surface area contributed by atoms with E-state index in [1.54, 1.807) is 0 Å². The van der Waals surface area contributed by atoms with Gasteiger partial charge in [-0.3, -0.25) is 14.5 Å². The number of carbonyl (C=O) groups is 2. The second kappa shape index (κ2) is 5.34. The maximum Gasteiger partial charge on any atom is 0.238 e. The zero-order valence-electron chi connectivity index (χ0n) is 16.0. The maximum atomic E-state index is 13.5. The van der Waals surface area contributed by atoms with Crippen molar-refractivity contribution in [3.05, 3.63) is 42.5 Å². The number of nitrogens with zero attached hydrogens (tertiary/aromatic N) is 2. The highest BCUT2D eigenvalue weighted by atomic mass is 16.5. The first-order valence-electron chi connectivity index (χ1n) is 10.5. The maximum absolute atomic E-state index is 13.5. The number of rotatable bonds is 2. The lowest BCUT2D eigenvalue weighted by molar-refractivity contribution is -0.144. The van der Waals surface area contributed by atoms with Crippen LogP contribution in [0.15, 0.2) is 47.5 Å². The number of ether oxygens (including phenoxy) is 1. The number of anilines is 1. The van der Waals surface area contributed by atoms with Crippen molar-refractivity contribution in [2.75, 3.05) is 11.5 Å². The van der Waals surface area contributed by atoms with E-state index >= 15 is 0 Å². The SMILES string of the molecule is CCOC1=N[C@]23CCCC[C@]12[C@H]1C=C[C@H]3[C@H]2C(=O)N(c3ccccc3)C(=O)[C@H]21. The molecule has 5 nitrogen and oxygen atoms in total. The first-order chi connectivity index (χ1) is 13.7. The molecule has 144 valence electrons. The number of imide groups is 1. The van der Waals surface area contributed by atoms with Crippen LogP contribution in [0, 0.1) is 29.1 Å². The molecule has 2 aliphatic heterocycles. The first-order valence-corrected chi connectivity index (χ1v) is 10.5. The molecule has 0 N–H and O–H groups in total. The van der Waals surface area contributed by atoms with Crippen LogP contribution in [0.25, 0.3) is 0 Å². The molecule has 28 heavy (non-hydrogen) atoms. The highest BCUT2D eigenvalue weighted by molar-refractivity contribution is 6.23. The minimum absolute atomic E-state index is 0.00262. The van der Waals surface area contributed by atoms with Crippen molar-refractivity contribution in [2.24, 2.45) is 34.1 Å². The van der Waals surface area contributed by atoms with Crippen molar-refractivity contribution in [2.45, 2.75) is 38.1 Å². The van der Waals surface area contributed by atoms with Gasteiger partial charge in [0, 0.05) is 11.8 Å². The fourth-order valence-corrected chi connectivity index (χ4v) is 7.05. The molecule has 6 aliphatic rings. The quantitative estimate of drug-likeness (QED) is 0.587. The summed E-state index contributed by atoms with van der Waals surface area (Å²) in [4.78, 5) is 33.5. The Kier molecular flexibility index (Phi) is 3.15. The summed E-state index contributed by atoms with van der Waals surface area (Å²) >= 11 is 0. The number of amides is 2. The number of hydrogen-bond acceptors (Lipinski definition) is 4. The second-order valence-electron chi connectivity index (χ2n) is 8.79. The van der Waals surface area contributed by atoms with Crippen LogP contribution in [0.4, 0.5) is 5.69 Å². The molecule has 1 aromatic rings. The molecule has 2 bridgehead atoms. The van der Waals surface area contributed by atoms with Crippen molar-refractivity contribution in [1.82, 2.24) is 0 Å². The third-order valence-corrected chi connectivity index (χ3v) is 7.95. The van der Waals surface area contributed by atoms with Gasteiger partial charge in [0.15, 0.2) is 5.90 Å². The fraction of sp³-hybridized carbons (Fsp3) is 0.522. The van der Waals surface area contributed by atoms with Crippen LogP contribution in [0.5, 0.6) is 0 Å². The molecule has 6 atom stereocenters. The molecule has 2 amide bonds. The smallest absolute Gasteiger partial charge is 0.238 e. The lowest BCUT2D eigenvalue weighted by atomic mass is 9.37. The lowest BCUT2D eigenvalue weighted by Gasteiger charge is -2.69. The van der Waals surface area contributed by atoms with E-state index in [0.29, 0.717) is 12.3 Å². The second-order valence-corrected chi connectivity index (χ2v) is 8.79. The van der Waals surface area contributed by atoms with E-state index in [0.717, 1.165) is 31.6 Å². The first kappa shape index (κ1) is 16.5. The van der Waals surface area contributed by atoms with Crippen molar-refractivity contribution in [1.29, 1.82) is 0 Å². The number of hydrogen-bond donors (Lipinski definition) is 0. The number of para-hydroxylation sites is 1. The van der Waals surface area contributed by atoms with E-state index in [4.69, 9.17) is 9.73 Å². The molecule has 5 heteroatoms. The van der Waals surface area contributed by atoms with Crippen LogP contribution in [0.3, 0.4) is 0 Å². The Morgan fingerprint density at radius 1 is 1.04 bits per heavy atom. The summed E-state index contributed by atoms with van der Waals surface area (Å²) in [5.74, 6) is 0.168. The van der Waals surface area contributed by atoms with Crippen molar-refractivity contribution in [3.8, 4) is 0 Å². The molecular weight excluding hydrogens is 352 g/mol. The summed E-state index contributed by atoms with van der Waals surface area (Å²) in [6, 6.07) is 9.36. The van der Waals surface area contributed by atoms with Crippen molar-refractivity contribution < 1.29 is 14.3 Å². The molecule has 3 fully saturated rings. The zero-order valence-corrected chi connectivity index (χ0v) is 16.0. The topological polar surface area (TPSA) is 59.0 Å². The predicted octanol–water partition coefficient (Wildman–Crippen LogP) is 3.36. The Morgan fingerprint density at radius 2 is 1.71 bits per heavy atom. The Balaban J connectivity index is 1.49. The fourth-order valence-electron chi connectivity index (χ4n) is 7.05. The Bertz CT molecular complexity index is 938. The van der Waals surface area contributed by atoms with Crippen LogP contribution in [0.2, 0.25) is 0 Å². The van der Waals surface area contributed by atoms with E-state index < -0.39 is 0 Å². The zero-order chi connectivity index (χ0) is 19.1. The summed E-state index contributed by atoms with van der Waals surface area (Å²) in [5, 5.41) is 0. The highest BCUT2D eigenvalue weighted by Gasteiger charge is 2.79. The molecule has 4 aliphatic carbocycles. The summed E-state index contributed by atoms with van der Waals surface area (Å²) in [5.41, 5.74) is 0.242. The van der Waals surface area contributed by atoms with Crippen molar-refractivity contribution >= 4 is 23.4 Å². The van der Waals surface area contributed by atoms with E-state index in [1.807, 2.05) is 37.3 Å². The third kappa shape index (κ3) is 1.60. The van der Waals surface area contributed by atoms with E-state index in [-0.39, 0.29) is 46.4 Å². The number of carbonyl (C=O) groups excluding carboxylic acids is 2. The summed E-state index contributed by atoms with van der Waals surface area (Å²) < 4.78 is 5.98. The Labute approximate surface area is 164 Å². The van der Waals surface area contributed by atoms with E-state index in [1.165, 1.54) is 4.90 Å². The largest absolute Gasteiger partial charge is 0.481 e. The molecule has 1 saturated heterocycles. The number of benzene rings is 1. The number of aliphatic imine (C=N–C) groups is 1. The molecule has 2 heterocycles. The van der Waals surface area contributed by atoms with Gasteiger partial charge in [-0.1, -0.05) is 43.2 Å². The number of allylic oxidation sites excluding steroid dienone is 1. The van der Waals surface area contributed by atoms with Gasteiger partial charge in [0.25, 0.3) is 0 Å². The van der Waals surface area contributed by atoms with Crippen LogP contribution in [0.1, 0.15) is 32.6 Å². The van der Waals surface area contributed by atoms with Gasteiger partial charge in [0.1, 0.15) is 0 Å². The standard InChI is InChI=1S/C23H24N2O3/c1-2-28-21-22-12-6-7-13-23(22,24-21)16-11-10-15(22)17-18(16)20(27)25(19(17)26)14-8-4-3-5-9-14/h3-5,8-11,15-18H,2,6-7,12-13H2,1H3/t15-,16-,17-,18+,22-,23-/m0/s1. The van der Waals surface area contributed by atoms with E-state index in [9.17, 15) is 9.59 Å². The van der Waals surface area contributed by atoms with Gasteiger partial charge in [-0.05, 0) is 31.9 Å². The lowest BCUT2D eigenvalue weighted by Crippen LogP contribution is -2.75. The molecule has 0 spiro atoms. The molecule has 1 aromatic carbocycles. The Morgan fingerprint density at radius 3 is 2.46 bits per heavy atom. The summed E-state index contributed by atoms with van der Waals surface area (Å²) in [7, 11) is 0. The normalized spacial score (nSPS) is 42.5. The molecule has 0 aromatic heterocycles. The summed E-state index contributed by atoms with van der Waals surface area (Å²) in [6.45, 7) is 2.58. The van der Waals surface area contributed by atoms with Gasteiger partial charge in [0.2, 0.25) is 11.8 Å². The van der Waals surface area contributed by atoms with Crippen LogP contribution in [-0.2, 0) is 14.3 Å². The minimum atomic E-state index is -0.292. The van der Waals surface area contributed by atoms with Gasteiger partial charge in [-0.15, -0.1) is 0 Å².